The van der Waals surface area contributed by atoms with Crippen molar-refractivity contribution < 1.29 is 18.8 Å². The van der Waals surface area contributed by atoms with Crippen LogP contribution >= 0.6 is 11.3 Å². The van der Waals surface area contributed by atoms with Crippen molar-refractivity contribution in [1.29, 1.82) is 0 Å². The number of halogens is 1. The van der Waals surface area contributed by atoms with Crippen molar-refractivity contribution in [1.82, 2.24) is 4.57 Å². The Kier molecular flexibility index (Phi) is 3.79. The zero-order valence-corrected chi connectivity index (χ0v) is 11.1. The van der Waals surface area contributed by atoms with Crippen molar-refractivity contribution in [3.05, 3.63) is 37.7 Å². The summed E-state index contributed by atoms with van der Waals surface area (Å²) in [5.41, 5.74) is -0.473. The van der Waals surface area contributed by atoms with E-state index in [1.54, 1.807) is 0 Å². The Morgan fingerprint density at radius 2 is 2.25 bits per heavy atom. The zero-order valence-electron chi connectivity index (χ0n) is 10.3. The summed E-state index contributed by atoms with van der Waals surface area (Å²) in [5, 5.41) is 10.7. The van der Waals surface area contributed by atoms with Gasteiger partial charge >= 0.3 is 16.5 Å². The number of fused-ring (bicyclic) bond motifs is 1. The lowest BCUT2D eigenvalue weighted by atomic mass is 10.2. The van der Waals surface area contributed by atoms with Gasteiger partial charge in [0.2, 0.25) is 5.82 Å². The first kappa shape index (κ1) is 14.1. The van der Waals surface area contributed by atoms with Gasteiger partial charge in [-0.15, -0.1) is 0 Å². The summed E-state index contributed by atoms with van der Waals surface area (Å²) < 4.78 is 19.4. The molecule has 0 N–H and O–H groups in total. The molecule has 0 fully saturated rings. The van der Waals surface area contributed by atoms with Gasteiger partial charge in [-0.1, -0.05) is 11.3 Å². The first-order chi connectivity index (χ1) is 9.43. The molecule has 0 aliphatic rings. The lowest BCUT2D eigenvalue weighted by Gasteiger charge is -2.03. The SMILES string of the molecule is COC(=O)CCn1c(=O)sc2cc(F)c([N+](=O)[O-])cc21. The van der Waals surface area contributed by atoms with Gasteiger partial charge in [-0.3, -0.25) is 24.3 Å². The number of hydrogen-bond donors (Lipinski definition) is 0. The minimum absolute atomic E-state index is 0.0221. The Morgan fingerprint density at radius 3 is 2.85 bits per heavy atom. The Hall–Kier alpha value is -2.29. The van der Waals surface area contributed by atoms with Crippen LogP contribution in [0.25, 0.3) is 10.2 Å². The number of nitrogens with zero attached hydrogens (tertiary/aromatic N) is 2. The van der Waals surface area contributed by atoms with Gasteiger partial charge in [0.1, 0.15) is 0 Å². The monoisotopic (exact) mass is 300 g/mol. The zero-order chi connectivity index (χ0) is 14.9. The molecule has 2 rings (SSSR count). The topological polar surface area (TPSA) is 91.4 Å². The van der Waals surface area contributed by atoms with E-state index >= 15 is 0 Å². The predicted octanol–water partition coefficient (Wildman–Crippen LogP) is 1.67. The van der Waals surface area contributed by atoms with Crippen LogP contribution in [-0.2, 0) is 16.1 Å². The number of thiazole rings is 1. The second-order valence-electron chi connectivity index (χ2n) is 3.87. The highest BCUT2D eigenvalue weighted by Crippen LogP contribution is 2.26. The predicted molar refractivity (Wildman–Crippen MR) is 69.3 cm³/mol. The van der Waals surface area contributed by atoms with Crippen LogP contribution in [0.3, 0.4) is 0 Å². The molecule has 1 aromatic heterocycles. The molecule has 0 radical (unpaired) electrons. The van der Waals surface area contributed by atoms with Gasteiger partial charge in [0.15, 0.2) is 0 Å². The first-order valence-electron chi connectivity index (χ1n) is 5.48. The molecule has 0 saturated heterocycles. The van der Waals surface area contributed by atoms with E-state index < -0.39 is 27.3 Å². The van der Waals surface area contributed by atoms with Crippen LogP contribution in [0.2, 0.25) is 0 Å². The highest BCUT2D eigenvalue weighted by Gasteiger charge is 2.19. The minimum atomic E-state index is -0.996. The van der Waals surface area contributed by atoms with Crippen molar-refractivity contribution >= 4 is 33.2 Å². The lowest BCUT2D eigenvalue weighted by Crippen LogP contribution is -2.16. The van der Waals surface area contributed by atoms with Crippen LogP contribution in [0.1, 0.15) is 6.42 Å². The molecule has 0 atom stereocenters. The molecule has 1 aromatic carbocycles. The second-order valence-corrected chi connectivity index (χ2v) is 4.87. The number of nitro benzene ring substituents is 1. The maximum atomic E-state index is 13.5. The van der Waals surface area contributed by atoms with E-state index in [9.17, 15) is 24.1 Å². The summed E-state index contributed by atoms with van der Waals surface area (Å²) in [5.74, 6) is -1.50. The number of benzene rings is 1. The second kappa shape index (κ2) is 5.37. The van der Waals surface area contributed by atoms with Gasteiger partial charge < -0.3 is 4.74 Å². The quantitative estimate of drug-likeness (QED) is 0.486. The van der Waals surface area contributed by atoms with Gasteiger partial charge in [0.25, 0.3) is 0 Å². The molecule has 1 heterocycles. The third kappa shape index (κ3) is 2.52. The number of ether oxygens (including phenoxy) is 1. The summed E-state index contributed by atoms with van der Waals surface area (Å²) in [6.45, 7) is 0.0221. The number of nitro groups is 1. The number of aromatic nitrogens is 1. The normalized spacial score (nSPS) is 10.7. The number of esters is 1. The third-order valence-electron chi connectivity index (χ3n) is 2.70. The van der Waals surface area contributed by atoms with Crippen molar-refractivity contribution in [2.75, 3.05) is 7.11 Å². The summed E-state index contributed by atoms with van der Waals surface area (Å²) in [4.78, 5) is 32.3. The largest absolute Gasteiger partial charge is 0.469 e. The van der Waals surface area contributed by atoms with E-state index in [2.05, 4.69) is 4.74 Å². The van der Waals surface area contributed by atoms with Crippen LogP contribution in [-0.4, -0.2) is 22.6 Å². The Bertz CT molecular complexity index is 751. The summed E-state index contributed by atoms with van der Waals surface area (Å²) in [7, 11) is 1.22. The maximum absolute atomic E-state index is 13.5. The average Bonchev–Trinajstić information content (AvgIpc) is 2.69. The lowest BCUT2D eigenvalue weighted by molar-refractivity contribution is -0.387. The number of methoxy groups -OCH3 is 1. The van der Waals surface area contributed by atoms with E-state index in [0.717, 1.165) is 23.5 Å². The van der Waals surface area contributed by atoms with E-state index in [4.69, 9.17) is 0 Å². The average molecular weight is 300 g/mol. The fourth-order valence-corrected chi connectivity index (χ4v) is 2.65. The molecule has 9 heteroatoms. The van der Waals surface area contributed by atoms with Crippen molar-refractivity contribution in [3.63, 3.8) is 0 Å². The maximum Gasteiger partial charge on any atom is 0.308 e. The van der Waals surface area contributed by atoms with E-state index in [-0.39, 0.29) is 18.5 Å². The van der Waals surface area contributed by atoms with Crippen LogP contribution in [0.5, 0.6) is 0 Å². The fraction of sp³-hybridized carbons (Fsp3) is 0.273. The fourth-order valence-electron chi connectivity index (χ4n) is 1.73. The first-order valence-corrected chi connectivity index (χ1v) is 6.29. The van der Waals surface area contributed by atoms with Crippen LogP contribution in [0, 0.1) is 15.9 Å². The van der Waals surface area contributed by atoms with E-state index in [0.29, 0.717) is 4.70 Å². The summed E-state index contributed by atoms with van der Waals surface area (Å²) in [6, 6.07) is 1.95. The van der Waals surface area contributed by atoms with Crippen molar-refractivity contribution in [2.24, 2.45) is 0 Å². The Balaban J connectivity index is 2.51. The molecule has 20 heavy (non-hydrogen) atoms. The molecule has 0 unspecified atom stereocenters. The van der Waals surface area contributed by atoms with Crippen LogP contribution in [0.4, 0.5) is 10.1 Å². The standard InChI is InChI=1S/C11H9FN2O5S/c1-19-10(15)2-3-13-8-5-7(14(17)18)6(12)4-9(8)20-11(13)16/h4-5H,2-3H2,1H3. The molecule has 0 aliphatic carbocycles. The highest BCUT2D eigenvalue weighted by molar-refractivity contribution is 7.16. The van der Waals surface area contributed by atoms with Crippen molar-refractivity contribution in [3.8, 4) is 0 Å². The highest BCUT2D eigenvalue weighted by atomic mass is 32.1. The van der Waals surface area contributed by atoms with Gasteiger partial charge in [0.05, 0.1) is 28.7 Å². The summed E-state index contributed by atoms with van der Waals surface area (Å²) in [6.07, 6.45) is -0.0482. The molecule has 0 saturated carbocycles. The Labute approximate surface area is 115 Å². The molecule has 7 nitrogen and oxygen atoms in total. The minimum Gasteiger partial charge on any atom is -0.469 e. The number of carbonyl (C=O) groups excluding carboxylic acids is 1. The van der Waals surface area contributed by atoms with Crippen molar-refractivity contribution in [2.45, 2.75) is 13.0 Å². The van der Waals surface area contributed by atoms with E-state index in [1.165, 1.54) is 11.7 Å². The van der Waals surface area contributed by atoms with Gasteiger partial charge in [-0.2, -0.15) is 4.39 Å². The van der Waals surface area contributed by atoms with Gasteiger partial charge in [-0.25, -0.2) is 0 Å². The van der Waals surface area contributed by atoms with Gasteiger partial charge in [0, 0.05) is 18.7 Å². The molecular formula is C11H9FN2O5S. The molecular weight excluding hydrogens is 291 g/mol. The van der Waals surface area contributed by atoms with Crippen LogP contribution < -0.4 is 4.87 Å². The number of aryl methyl sites for hydroxylation is 1. The van der Waals surface area contributed by atoms with E-state index in [1.807, 2.05) is 0 Å². The number of carbonyl (C=O) groups is 1. The number of hydrogen-bond acceptors (Lipinski definition) is 6. The third-order valence-corrected chi connectivity index (χ3v) is 3.64. The molecule has 106 valence electrons. The molecule has 2 aromatic rings. The summed E-state index contributed by atoms with van der Waals surface area (Å²) >= 11 is 0.765. The smallest absolute Gasteiger partial charge is 0.308 e. The van der Waals surface area contributed by atoms with Crippen LogP contribution in [0.15, 0.2) is 16.9 Å². The van der Waals surface area contributed by atoms with Gasteiger partial charge in [-0.05, 0) is 0 Å². The number of rotatable bonds is 4. The molecule has 0 bridgehead atoms. The Morgan fingerprint density at radius 1 is 1.55 bits per heavy atom. The molecule has 0 amide bonds. The molecule has 0 spiro atoms. The molecule has 0 aliphatic heterocycles.